The average Bonchev–Trinajstić information content (AvgIpc) is 3.40. The van der Waals surface area contributed by atoms with Gasteiger partial charge in [0.1, 0.15) is 0 Å². The van der Waals surface area contributed by atoms with Crippen LogP contribution < -0.4 is 26.6 Å². The molecule has 2 saturated heterocycles. The Labute approximate surface area is 327 Å². The molecule has 0 aliphatic carbocycles. The van der Waals surface area contributed by atoms with Crippen LogP contribution in [-0.2, 0) is 47.9 Å². The van der Waals surface area contributed by atoms with E-state index >= 15 is 0 Å². The Bertz CT molecular complexity index is 1420. The Hall–Kier alpha value is -4.91. The number of likely N-dealkylation sites (N-methyl/N-ethyl adjacent to an activating group) is 1. The Balaban J connectivity index is 1.86. The lowest BCUT2D eigenvalue weighted by atomic mass is 10.2. The van der Waals surface area contributed by atoms with Gasteiger partial charge in [0.25, 0.3) is 0 Å². The van der Waals surface area contributed by atoms with Crippen molar-refractivity contribution in [1.29, 1.82) is 0 Å². The van der Waals surface area contributed by atoms with Crippen molar-refractivity contribution in [3.05, 3.63) is 0 Å². The van der Waals surface area contributed by atoms with Crippen molar-refractivity contribution >= 4 is 71.0 Å². The molecular weight excluding hydrogens is 764 g/mol. The summed E-state index contributed by atoms with van der Waals surface area (Å²) < 4.78 is 0. The van der Waals surface area contributed by atoms with Crippen molar-refractivity contribution in [3.63, 3.8) is 0 Å². The van der Waals surface area contributed by atoms with E-state index in [1.165, 1.54) is 7.05 Å². The van der Waals surface area contributed by atoms with Crippen LogP contribution in [-0.4, -0.2) is 228 Å². The lowest BCUT2D eigenvalue weighted by molar-refractivity contribution is -0.140. The quantitative estimate of drug-likeness (QED) is 0.0530. The number of hydrogen-bond acceptors (Lipinski definition) is 15. The summed E-state index contributed by atoms with van der Waals surface area (Å²) in [5.41, 5.74) is 0. The molecule has 8 N–H and O–H groups in total. The molecule has 7 amide bonds. The Morgan fingerprint density at radius 2 is 1.11 bits per heavy atom. The average molecular weight is 817 g/mol. The smallest absolute Gasteiger partial charge is 0.317 e. The van der Waals surface area contributed by atoms with Gasteiger partial charge in [-0.2, -0.15) is 0 Å². The highest BCUT2D eigenvalue weighted by Gasteiger charge is 2.38. The summed E-state index contributed by atoms with van der Waals surface area (Å²) in [5.74, 6) is -7.18. The standard InChI is InChI=1S/C32H52N10O13S/c1-21(41-11-9-39(18-29(50)51)7-5-38(17-28(48)49)6-8-40(10-12-41)19-30(52)53)31(54)37-16-24(44)34-3-4-42-27(47)13-22(32(42)55)56-20-26(46)36-15-25(45)35-14-23(43)33-2/h21-22H,3-20H2,1-2H3,(H,33,43)(H,34,44)(H,35,45)(H,36,46)(H,37,54)(H,48,49)(H,50,51)(H,52,53). The van der Waals surface area contributed by atoms with E-state index < -0.39 is 77.1 Å². The predicted octanol–water partition coefficient (Wildman–Crippen LogP) is -6.08. The molecule has 0 bridgehead atoms. The van der Waals surface area contributed by atoms with E-state index in [0.717, 1.165) is 16.7 Å². The number of hydrogen-bond donors (Lipinski definition) is 8. The largest absolute Gasteiger partial charge is 0.480 e. The lowest BCUT2D eigenvalue weighted by Gasteiger charge is -2.35. The van der Waals surface area contributed by atoms with Crippen molar-refractivity contribution in [3.8, 4) is 0 Å². The number of likely N-dealkylation sites (tertiary alicyclic amines) is 1. The maximum absolute atomic E-state index is 13.2. The van der Waals surface area contributed by atoms with Crippen LogP contribution >= 0.6 is 11.8 Å². The van der Waals surface area contributed by atoms with E-state index in [9.17, 15) is 63.3 Å². The van der Waals surface area contributed by atoms with Crippen LogP contribution in [0.15, 0.2) is 0 Å². The minimum absolute atomic E-state index is 0.111. The van der Waals surface area contributed by atoms with Crippen LogP contribution in [0.1, 0.15) is 13.3 Å². The normalized spacial score (nSPS) is 18.5. The van der Waals surface area contributed by atoms with Crippen LogP contribution in [0.2, 0.25) is 0 Å². The summed E-state index contributed by atoms with van der Waals surface area (Å²) in [6.45, 7) is 0.974. The van der Waals surface area contributed by atoms with Crippen LogP contribution in [0.3, 0.4) is 0 Å². The van der Waals surface area contributed by atoms with Crippen molar-refractivity contribution in [1.82, 2.24) is 51.1 Å². The number of carbonyl (C=O) groups excluding carboxylic acids is 7. The summed E-state index contributed by atoms with van der Waals surface area (Å²) in [4.78, 5) is 128. The number of rotatable bonds is 20. The highest BCUT2D eigenvalue weighted by atomic mass is 32.2. The Morgan fingerprint density at radius 3 is 1.61 bits per heavy atom. The monoisotopic (exact) mass is 816 g/mol. The molecule has 2 unspecified atom stereocenters. The summed E-state index contributed by atoms with van der Waals surface area (Å²) in [6, 6.07) is -0.824. The first-order chi connectivity index (χ1) is 26.5. The van der Waals surface area contributed by atoms with Gasteiger partial charge < -0.3 is 41.9 Å². The number of nitrogens with one attached hydrogen (secondary N) is 5. The third-order valence-electron chi connectivity index (χ3n) is 8.75. The van der Waals surface area contributed by atoms with Crippen molar-refractivity contribution in [2.75, 3.05) is 118 Å². The van der Waals surface area contributed by atoms with Gasteiger partial charge in [0, 0.05) is 78.9 Å². The number of carboxylic acid groups (broad SMARTS) is 3. The minimum atomic E-state index is -1.09. The van der Waals surface area contributed by atoms with Gasteiger partial charge in [-0.3, -0.25) is 72.4 Å². The van der Waals surface area contributed by atoms with Gasteiger partial charge in [0.2, 0.25) is 41.4 Å². The van der Waals surface area contributed by atoms with Gasteiger partial charge in [-0.25, -0.2) is 0 Å². The SMILES string of the molecule is CNC(=O)CNC(=O)CNC(=O)CSC1CC(=O)N(CCNC(=O)CNC(=O)C(C)N2CCN(CC(=O)O)CCN(CC(=O)O)CCN(CC(=O)O)CC2)C1=O. The van der Waals surface area contributed by atoms with E-state index in [4.69, 9.17) is 0 Å². The number of imide groups is 1. The third kappa shape index (κ3) is 18.1. The number of nitrogens with zero attached hydrogens (tertiary/aromatic N) is 5. The van der Waals surface area contributed by atoms with Crippen molar-refractivity contribution in [2.45, 2.75) is 24.6 Å². The molecule has 2 aliphatic heterocycles. The predicted molar refractivity (Wildman–Crippen MR) is 197 cm³/mol. The fourth-order valence-electron chi connectivity index (χ4n) is 5.59. The molecule has 2 rings (SSSR count). The minimum Gasteiger partial charge on any atom is -0.480 e. The van der Waals surface area contributed by atoms with Crippen LogP contribution in [0.4, 0.5) is 0 Å². The van der Waals surface area contributed by atoms with E-state index in [-0.39, 0.29) is 110 Å². The molecule has 0 aromatic carbocycles. The zero-order valence-corrected chi connectivity index (χ0v) is 32.3. The first-order valence-corrected chi connectivity index (χ1v) is 18.8. The topological polar surface area (TPSA) is 308 Å². The Kier molecular flexibility index (Phi) is 20.7. The number of amides is 7. The zero-order chi connectivity index (χ0) is 41.8. The second-order valence-electron chi connectivity index (χ2n) is 12.9. The molecule has 314 valence electrons. The van der Waals surface area contributed by atoms with Gasteiger partial charge in [0.15, 0.2) is 0 Å². The first-order valence-electron chi connectivity index (χ1n) is 17.8. The fourth-order valence-corrected chi connectivity index (χ4v) is 6.58. The van der Waals surface area contributed by atoms with Crippen LogP contribution in [0.25, 0.3) is 0 Å². The summed E-state index contributed by atoms with van der Waals surface area (Å²) in [6.07, 6.45) is -0.160. The Morgan fingerprint density at radius 1 is 0.661 bits per heavy atom. The molecule has 0 spiro atoms. The second-order valence-corrected chi connectivity index (χ2v) is 14.1. The molecule has 0 saturated carbocycles. The molecule has 0 radical (unpaired) electrons. The highest BCUT2D eigenvalue weighted by molar-refractivity contribution is 8.01. The van der Waals surface area contributed by atoms with Gasteiger partial charge >= 0.3 is 17.9 Å². The van der Waals surface area contributed by atoms with Gasteiger partial charge in [0.05, 0.1) is 56.3 Å². The lowest BCUT2D eigenvalue weighted by Crippen LogP contribution is -2.53. The number of carbonyl (C=O) groups is 10. The number of carboxylic acids is 3. The van der Waals surface area contributed by atoms with Gasteiger partial charge in [-0.15, -0.1) is 11.8 Å². The summed E-state index contributed by atoms with van der Waals surface area (Å²) >= 11 is 0.923. The van der Waals surface area contributed by atoms with Crippen molar-refractivity contribution < 1.29 is 63.3 Å². The second kappa shape index (κ2) is 24.6. The molecular formula is C32H52N10O13S. The fraction of sp³-hybridized carbons (Fsp3) is 0.688. The maximum Gasteiger partial charge on any atom is 0.317 e. The van der Waals surface area contributed by atoms with Gasteiger partial charge in [-0.1, -0.05) is 0 Å². The molecule has 0 aromatic heterocycles. The number of thioether (sulfide) groups is 1. The first kappa shape index (κ1) is 47.2. The molecule has 23 nitrogen and oxygen atoms in total. The van der Waals surface area contributed by atoms with E-state index in [0.29, 0.717) is 0 Å². The molecule has 24 heteroatoms. The molecule has 2 fully saturated rings. The maximum atomic E-state index is 13.2. The van der Waals surface area contributed by atoms with Crippen LogP contribution in [0, 0.1) is 0 Å². The molecule has 2 heterocycles. The van der Waals surface area contributed by atoms with E-state index in [1.807, 2.05) is 0 Å². The zero-order valence-electron chi connectivity index (χ0n) is 31.5. The molecule has 0 aromatic rings. The van der Waals surface area contributed by atoms with E-state index in [1.54, 1.807) is 26.5 Å². The third-order valence-corrected chi connectivity index (χ3v) is 9.95. The molecule has 2 aliphatic rings. The van der Waals surface area contributed by atoms with Crippen LogP contribution in [0.5, 0.6) is 0 Å². The summed E-state index contributed by atoms with van der Waals surface area (Å²) in [7, 11) is 1.40. The molecule has 56 heavy (non-hydrogen) atoms. The molecule has 2 atom stereocenters. The van der Waals surface area contributed by atoms with Gasteiger partial charge in [-0.05, 0) is 6.92 Å². The number of aliphatic carboxylic acids is 3. The van der Waals surface area contributed by atoms with Crippen molar-refractivity contribution in [2.24, 2.45) is 0 Å². The highest BCUT2D eigenvalue weighted by Crippen LogP contribution is 2.24. The summed E-state index contributed by atoms with van der Waals surface area (Å²) in [5, 5.41) is 39.4. The van der Waals surface area contributed by atoms with E-state index in [2.05, 4.69) is 26.6 Å².